The number of anilines is 2. The molecule has 0 aliphatic carbocycles. The number of rotatable bonds is 5. The van der Waals surface area contributed by atoms with Crippen LogP contribution in [0.2, 0.25) is 0 Å². The van der Waals surface area contributed by atoms with Crippen molar-refractivity contribution < 1.29 is 0 Å². The van der Waals surface area contributed by atoms with Crippen LogP contribution in [-0.4, -0.2) is 31.3 Å². The molecule has 0 saturated heterocycles. The first-order valence-electron chi connectivity index (χ1n) is 5.57. The minimum atomic E-state index is 0.617. The molecular weight excluding hydrogens is 232 g/mol. The summed E-state index contributed by atoms with van der Waals surface area (Å²) in [6.07, 6.45) is 3.92. The lowest BCUT2D eigenvalue weighted by Crippen LogP contribution is -2.14. The Balaban J connectivity index is 1.96. The first-order valence-corrected chi connectivity index (χ1v) is 5.57. The van der Waals surface area contributed by atoms with E-state index in [2.05, 4.69) is 30.9 Å². The predicted molar refractivity (Wildman–Crippen MR) is 67.8 cm³/mol. The number of nitrogens with two attached hydrogens (primary N) is 1. The van der Waals surface area contributed by atoms with Crippen LogP contribution >= 0.6 is 0 Å². The third kappa shape index (κ3) is 2.54. The van der Waals surface area contributed by atoms with Gasteiger partial charge in [-0.25, -0.2) is 15.8 Å². The number of aromatic nitrogens is 5. The lowest BCUT2D eigenvalue weighted by atomic mass is 10.3. The Morgan fingerprint density at radius 1 is 1.33 bits per heavy atom. The topological polar surface area (TPSA) is 107 Å². The van der Waals surface area contributed by atoms with E-state index >= 15 is 0 Å². The van der Waals surface area contributed by atoms with Gasteiger partial charge in [0.2, 0.25) is 0 Å². The van der Waals surface area contributed by atoms with Gasteiger partial charge in [0.25, 0.3) is 0 Å². The van der Waals surface area contributed by atoms with Gasteiger partial charge in [0.15, 0.2) is 0 Å². The molecule has 0 radical (unpaired) electrons. The number of hydrogen-bond donors (Lipinski definition) is 3. The van der Waals surface area contributed by atoms with Crippen molar-refractivity contribution in [2.24, 2.45) is 12.9 Å². The van der Waals surface area contributed by atoms with Crippen LogP contribution in [0, 0.1) is 6.92 Å². The first-order chi connectivity index (χ1) is 8.72. The van der Waals surface area contributed by atoms with Crippen molar-refractivity contribution in [3.63, 3.8) is 0 Å². The molecular formula is C10H16N8. The van der Waals surface area contributed by atoms with Gasteiger partial charge in [-0.1, -0.05) is 0 Å². The van der Waals surface area contributed by atoms with E-state index in [0.717, 1.165) is 23.6 Å². The summed E-state index contributed by atoms with van der Waals surface area (Å²) in [5, 5.41) is 11.1. The average molecular weight is 248 g/mol. The van der Waals surface area contributed by atoms with Crippen molar-refractivity contribution in [2.45, 2.75) is 13.3 Å². The quantitative estimate of drug-likeness (QED) is 0.499. The second kappa shape index (κ2) is 5.41. The Bertz CT molecular complexity index is 520. The minimum absolute atomic E-state index is 0.617. The maximum atomic E-state index is 5.36. The molecule has 18 heavy (non-hydrogen) atoms. The van der Waals surface area contributed by atoms with E-state index < -0.39 is 0 Å². The molecule has 4 N–H and O–H groups in total. The van der Waals surface area contributed by atoms with Gasteiger partial charge < -0.3 is 15.3 Å². The Hall–Kier alpha value is -2.22. The maximum Gasteiger partial charge on any atom is 0.148 e. The monoisotopic (exact) mass is 248 g/mol. The largest absolute Gasteiger partial charge is 0.369 e. The van der Waals surface area contributed by atoms with Gasteiger partial charge in [0, 0.05) is 25.6 Å². The summed E-state index contributed by atoms with van der Waals surface area (Å²) in [7, 11) is 1.92. The van der Waals surface area contributed by atoms with Crippen molar-refractivity contribution in [2.75, 3.05) is 17.3 Å². The van der Waals surface area contributed by atoms with Crippen molar-refractivity contribution in [1.82, 2.24) is 24.7 Å². The van der Waals surface area contributed by atoms with Crippen LogP contribution in [0.3, 0.4) is 0 Å². The highest BCUT2D eigenvalue weighted by molar-refractivity contribution is 5.55. The van der Waals surface area contributed by atoms with E-state index in [1.54, 1.807) is 6.33 Å². The van der Waals surface area contributed by atoms with Crippen LogP contribution in [0.15, 0.2) is 12.7 Å². The Kier molecular flexibility index (Phi) is 3.68. The summed E-state index contributed by atoms with van der Waals surface area (Å²) in [5.41, 5.74) is 3.42. The summed E-state index contributed by atoms with van der Waals surface area (Å²) >= 11 is 0. The third-order valence-electron chi connectivity index (χ3n) is 2.67. The van der Waals surface area contributed by atoms with E-state index in [0.29, 0.717) is 12.4 Å². The zero-order valence-corrected chi connectivity index (χ0v) is 10.4. The Morgan fingerprint density at radius 3 is 2.78 bits per heavy atom. The van der Waals surface area contributed by atoms with Gasteiger partial charge in [0.1, 0.15) is 30.1 Å². The Morgan fingerprint density at radius 2 is 2.11 bits per heavy atom. The van der Waals surface area contributed by atoms with Gasteiger partial charge >= 0.3 is 0 Å². The van der Waals surface area contributed by atoms with Crippen LogP contribution in [0.1, 0.15) is 11.4 Å². The highest BCUT2D eigenvalue weighted by Crippen LogP contribution is 2.16. The van der Waals surface area contributed by atoms with Gasteiger partial charge in [0.05, 0.1) is 0 Å². The standard InChI is InChI=1S/C10H16N8/c1-7-9(13-5-14-10(7)16-11)12-4-3-8-17-15-6-18(8)2/h5-6H,3-4,11H2,1-2H3,(H2,12,13,14,16). The van der Waals surface area contributed by atoms with E-state index in [1.165, 1.54) is 6.33 Å². The molecule has 0 spiro atoms. The zero-order chi connectivity index (χ0) is 13.0. The molecule has 0 amide bonds. The third-order valence-corrected chi connectivity index (χ3v) is 2.67. The predicted octanol–water partition coefficient (Wildman–Crippen LogP) is -0.146. The van der Waals surface area contributed by atoms with E-state index in [-0.39, 0.29) is 0 Å². The van der Waals surface area contributed by atoms with Crippen molar-refractivity contribution in [1.29, 1.82) is 0 Å². The van der Waals surface area contributed by atoms with Crippen LogP contribution in [0.5, 0.6) is 0 Å². The van der Waals surface area contributed by atoms with Crippen molar-refractivity contribution in [3.8, 4) is 0 Å². The van der Waals surface area contributed by atoms with Crippen molar-refractivity contribution >= 4 is 11.6 Å². The van der Waals surface area contributed by atoms with Gasteiger partial charge in [-0.2, -0.15) is 0 Å². The number of hydrazine groups is 1. The molecule has 8 heteroatoms. The molecule has 0 bridgehead atoms. The normalized spacial score (nSPS) is 10.4. The SMILES string of the molecule is Cc1c(NN)ncnc1NCCc1nncn1C. The molecule has 0 atom stereocenters. The summed E-state index contributed by atoms with van der Waals surface area (Å²) in [6, 6.07) is 0. The van der Waals surface area contributed by atoms with Crippen LogP contribution in [-0.2, 0) is 13.5 Å². The lowest BCUT2D eigenvalue weighted by Gasteiger charge is -2.10. The highest BCUT2D eigenvalue weighted by atomic mass is 15.3. The number of nitrogens with zero attached hydrogens (tertiary/aromatic N) is 5. The first kappa shape index (κ1) is 12.2. The molecule has 2 aromatic rings. The maximum absolute atomic E-state index is 5.36. The van der Waals surface area contributed by atoms with Crippen LogP contribution in [0.4, 0.5) is 11.6 Å². The highest BCUT2D eigenvalue weighted by Gasteiger charge is 2.06. The Labute approximate surface area is 105 Å². The van der Waals surface area contributed by atoms with E-state index in [9.17, 15) is 0 Å². The average Bonchev–Trinajstić information content (AvgIpc) is 2.77. The van der Waals surface area contributed by atoms with Crippen molar-refractivity contribution in [3.05, 3.63) is 24.0 Å². The number of nitrogens with one attached hydrogen (secondary N) is 2. The minimum Gasteiger partial charge on any atom is -0.369 e. The second-order valence-electron chi connectivity index (χ2n) is 3.88. The van der Waals surface area contributed by atoms with E-state index in [1.807, 2.05) is 18.5 Å². The lowest BCUT2D eigenvalue weighted by molar-refractivity contribution is 0.787. The zero-order valence-electron chi connectivity index (χ0n) is 10.4. The fraction of sp³-hybridized carbons (Fsp3) is 0.400. The molecule has 0 aliphatic heterocycles. The summed E-state index contributed by atoms with van der Waals surface area (Å²) in [6.45, 7) is 2.62. The van der Waals surface area contributed by atoms with E-state index in [4.69, 9.17) is 5.84 Å². The smallest absolute Gasteiger partial charge is 0.148 e. The molecule has 0 saturated carbocycles. The second-order valence-corrected chi connectivity index (χ2v) is 3.88. The molecule has 8 nitrogen and oxygen atoms in total. The van der Waals surface area contributed by atoms with Gasteiger partial charge in [-0.05, 0) is 6.92 Å². The molecule has 96 valence electrons. The molecule has 0 unspecified atom stereocenters. The fourth-order valence-electron chi connectivity index (χ4n) is 1.60. The summed E-state index contributed by atoms with van der Waals surface area (Å²) < 4.78 is 1.89. The summed E-state index contributed by atoms with van der Waals surface area (Å²) in [4.78, 5) is 8.18. The number of aryl methyl sites for hydroxylation is 1. The molecule has 0 fully saturated rings. The molecule has 2 aromatic heterocycles. The molecule has 2 heterocycles. The molecule has 0 aromatic carbocycles. The number of hydrogen-bond acceptors (Lipinski definition) is 7. The summed E-state index contributed by atoms with van der Waals surface area (Å²) in [5.74, 6) is 7.66. The van der Waals surface area contributed by atoms with Crippen LogP contribution < -0.4 is 16.6 Å². The fourth-order valence-corrected chi connectivity index (χ4v) is 1.60. The molecule has 2 rings (SSSR count). The van der Waals surface area contributed by atoms with Crippen LogP contribution in [0.25, 0.3) is 0 Å². The van der Waals surface area contributed by atoms with Gasteiger partial charge in [-0.15, -0.1) is 10.2 Å². The number of nitrogen functional groups attached to an aromatic ring is 1. The molecule has 0 aliphatic rings. The van der Waals surface area contributed by atoms with Gasteiger partial charge in [-0.3, -0.25) is 0 Å².